The molecule has 7 nitrogen and oxygen atoms in total. The molecule has 0 spiro atoms. The van der Waals surface area contributed by atoms with Gasteiger partial charge < -0.3 is 4.57 Å². The number of hydrogen-bond donors (Lipinski definition) is 0. The first kappa shape index (κ1) is 14.1. The standard InChI is InChI=1S/C16H19N7/c1-13-16-19-8-15(10-22-12-17-11-20-22)23(16)7-6-21(13)9-14-4-2-3-5-18-14/h2-5,8,11-13H,6-7,9-10H2,1H3/t13-/m0/s1. The van der Waals surface area contributed by atoms with Gasteiger partial charge in [-0.3, -0.25) is 9.88 Å². The Morgan fingerprint density at radius 3 is 2.91 bits per heavy atom. The Kier molecular flexibility index (Phi) is 3.63. The van der Waals surface area contributed by atoms with Gasteiger partial charge in [-0.1, -0.05) is 6.07 Å². The number of rotatable bonds is 4. The predicted octanol–water partition coefficient (Wildman–Crippen LogP) is 1.49. The van der Waals surface area contributed by atoms with Crippen LogP contribution in [0.4, 0.5) is 0 Å². The lowest BCUT2D eigenvalue weighted by Gasteiger charge is -2.34. The molecule has 0 aromatic carbocycles. The average molecular weight is 309 g/mol. The zero-order valence-corrected chi connectivity index (χ0v) is 13.1. The second kappa shape index (κ2) is 5.92. The van der Waals surface area contributed by atoms with Crippen LogP contribution in [0.1, 0.15) is 30.2 Å². The van der Waals surface area contributed by atoms with E-state index in [-0.39, 0.29) is 6.04 Å². The van der Waals surface area contributed by atoms with Gasteiger partial charge in [-0.15, -0.1) is 0 Å². The summed E-state index contributed by atoms with van der Waals surface area (Å²) in [5.41, 5.74) is 2.28. The fourth-order valence-corrected chi connectivity index (χ4v) is 3.13. The van der Waals surface area contributed by atoms with Crippen molar-refractivity contribution in [3.63, 3.8) is 0 Å². The zero-order chi connectivity index (χ0) is 15.6. The minimum atomic E-state index is 0.273. The lowest BCUT2D eigenvalue weighted by atomic mass is 10.2. The lowest BCUT2D eigenvalue weighted by molar-refractivity contribution is 0.153. The van der Waals surface area contributed by atoms with Crippen LogP contribution in [0.2, 0.25) is 0 Å². The molecule has 7 heteroatoms. The Morgan fingerprint density at radius 1 is 1.17 bits per heavy atom. The first-order chi connectivity index (χ1) is 11.3. The number of aromatic nitrogens is 6. The van der Waals surface area contributed by atoms with Crippen molar-refractivity contribution in [3.05, 3.63) is 60.5 Å². The molecule has 4 heterocycles. The summed E-state index contributed by atoms with van der Waals surface area (Å²) in [6.07, 6.45) is 7.10. The van der Waals surface area contributed by atoms with E-state index in [0.29, 0.717) is 6.54 Å². The third-order valence-corrected chi connectivity index (χ3v) is 4.38. The van der Waals surface area contributed by atoms with Gasteiger partial charge in [-0.05, 0) is 19.1 Å². The highest BCUT2D eigenvalue weighted by Crippen LogP contribution is 2.26. The second-order valence-electron chi connectivity index (χ2n) is 5.82. The van der Waals surface area contributed by atoms with Crippen LogP contribution in [0, 0.1) is 0 Å². The molecule has 0 amide bonds. The molecule has 4 rings (SSSR count). The maximum atomic E-state index is 4.65. The summed E-state index contributed by atoms with van der Waals surface area (Å²) in [5.74, 6) is 1.11. The van der Waals surface area contributed by atoms with E-state index < -0.39 is 0 Å². The van der Waals surface area contributed by atoms with Gasteiger partial charge in [-0.2, -0.15) is 5.10 Å². The third-order valence-electron chi connectivity index (χ3n) is 4.38. The molecule has 23 heavy (non-hydrogen) atoms. The van der Waals surface area contributed by atoms with E-state index in [1.54, 1.807) is 12.7 Å². The third kappa shape index (κ3) is 2.75. The Bertz CT molecular complexity index is 763. The lowest BCUT2D eigenvalue weighted by Crippen LogP contribution is -2.37. The van der Waals surface area contributed by atoms with Crippen LogP contribution in [-0.2, 0) is 19.6 Å². The molecule has 0 radical (unpaired) electrons. The first-order valence-corrected chi connectivity index (χ1v) is 7.82. The van der Waals surface area contributed by atoms with Gasteiger partial charge >= 0.3 is 0 Å². The number of nitrogens with zero attached hydrogens (tertiary/aromatic N) is 7. The molecule has 0 saturated heterocycles. The van der Waals surface area contributed by atoms with Gasteiger partial charge in [0.1, 0.15) is 18.5 Å². The Labute approximate surface area is 134 Å². The van der Waals surface area contributed by atoms with Gasteiger partial charge in [-0.25, -0.2) is 14.6 Å². The summed E-state index contributed by atoms with van der Waals surface area (Å²) < 4.78 is 4.14. The molecule has 3 aromatic heterocycles. The van der Waals surface area contributed by atoms with E-state index in [1.807, 2.05) is 29.2 Å². The quantitative estimate of drug-likeness (QED) is 0.730. The molecule has 3 aromatic rings. The maximum absolute atomic E-state index is 4.65. The summed E-state index contributed by atoms with van der Waals surface area (Å²) in [6.45, 7) is 5.70. The molecular formula is C16H19N7. The van der Waals surface area contributed by atoms with Crippen LogP contribution in [0.5, 0.6) is 0 Å². The van der Waals surface area contributed by atoms with Crippen LogP contribution < -0.4 is 0 Å². The Balaban J connectivity index is 1.53. The smallest absolute Gasteiger partial charge is 0.137 e. The van der Waals surface area contributed by atoms with Crippen molar-refractivity contribution in [2.24, 2.45) is 0 Å². The summed E-state index contributed by atoms with van der Waals surface area (Å²) >= 11 is 0. The predicted molar refractivity (Wildman–Crippen MR) is 84.4 cm³/mol. The van der Waals surface area contributed by atoms with Crippen molar-refractivity contribution < 1.29 is 0 Å². The van der Waals surface area contributed by atoms with Crippen molar-refractivity contribution in [2.75, 3.05) is 6.54 Å². The molecule has 1 atom stereocenters. The fraction of sp³-hybridized carbons (Fsp3) is 0.375. The average Bonchev–Trinajstić information content (AvgIpc) is 3.22. The van der Waals surface area contributed by atoms with Crippen molar-refractivity contribution in [3.8, 4) is 0 Å². The first-order valence-electron chi connectivity index (χ1n) is 7.82. The van der Waals surface area contributed by atoms with Gasteiger partial charge in [0.15, 0.2) is 0 Å². The topological polar surface area (TPSA) is 64.7 Å². The highest BCUT2D eigenvalue weighted by Gasteiger charge is 2.27. The molecule has 0 N–H and O–H groups in total. The highest BCUT2D eigenvalue weighted by atomic mass is 15.3. The van der Waals surface area contributed by atoms with E-state index in [2.05, 4.69) is 42.5 Å². The van der Waals surface area contributed by atoms with E-state index in [1.165, 1.54) is 5.69 Å². The van der Waals surface area contributed by atoms with Crippen LogP contribution in [0.3, 0.4) is 0 Å². The van der Waals surface area contributed by atoms with Gasteiger partial charge in [0.05, 0.1) is 30.2 Å². The summed E-state index contributed by atoms with van der Waals surface area (Å²) in [7, 11) is 0. The molecule has 1 aliphatic heterocycles. The summed E-state index contributed by atoms with van der Waals surface area (Å²) in [4.78, 5) is 15.5. The molecule has 118 valence electrons. The number of fused-ring (bicyclic) bond motifs is 1. The number of imidazole rings is 1. The minimum absolute atomic E-state index is 0.273. The molecule has 0 aliphatic carbocycles. The van der Waals surface area contributed by atoms with E-state index in [9.17, 15) is 0 Å². The molecule has 1 aliphatic rings. The van der Waals surface area contributed by atoms with Crippen molar-refractivity contribution in [2.45, 2.75) is 32.6 Å². The van der Waals surface area contributed by atoms with E-state index in [4.69, 9.17) is 0 Å². The minimum Gasteiger partial charge on any atom is -0.328 e. The van der Waals surface area contributed by atoms with Crippen molar-refractivity contribution >= 4 is 0 Å². The Hall–Kier alpha value is -2.54. The largest absolute Gasteiger partial charge is 0.328 e. The number of pyridine rings is 1. The number of hydrogen-bond acceptors (Lipinski definition) is 5. The normalized spacial score (nSPS) is 18.0. The molecule has 0 bridgehead atoms. The molecule has 0 unspecified atom stereocenters. The van der Waals surface area contributed by atoms with E-state index in [0.717, 1.165) is 31.2 Å². The summed E-state index contributed by atoms with van der Waals surface area (Å²) in [6, 6.07) is 6.33. The molecule has 0 fully saturated rings. The zero-order valence-electron chi connectivity index (χ0n) is 13.1. The highest BCUT2D eigenvalue weighted by molar-refractivity contribution is 5.12. The van der Waals surface area contributed by atoms with Crippen LogP contribution in [0.15, 0.2) is 43.2 Å². The van der Waals surface area contributed by atoms with Gasteiger partial charge in [0, 0.05) is 25.8 Å². The molecular weight excluding hydrogens is 290 g/mol. The Morgan fingerprint density at radius 2 is 2.13 bits per heavy atom. The SMILES string of the molecule is C[C@H]1c2ncc(Cn3cncn3)n2CCN1Cc1ccccn1. The van der Waals surface area contributed by atoms with Crippen LogP contribution >= 0.6 is 0 Å². The van der Waals surface area contributed by atoms with Crippen molar-refractivity contribution in [1.82, 2.24) is 34.2 Å². The maximum Gasteiger partial charge on any atom is 0.137 e. The fourth-order valence-electron chi connectivity index (χ4n) is 3.13. The van der Waals surface area contributed by atoms with Crippen LogP contribution in [0.25, 0.3) is 0 Å². The van der Waals surface area contributed by atoms with Gasteiger partial charge in [0.2, 0.25) is 0 Å². The van der Waals surface area contributed by atoms with Crippen molar-refractivity contribution in [1.29, 1.82) is 0 Å². The monoisotopic (exact) mass is 309 g/mol. The van der Waals surface area contributed by atoms with Gasteiger partial charge in [0.25, 0.3) is 0 Å². The second-order valence-corrected chi connectivity index (χ2v) is 5.82. The van der Waals surface area contributed by atoms with E-state index >= 15 is 0 Å². The molecule has 0 saturated carbocycles. The van der Waals surface area contributed by atoms with Crippen LogP contribution in [-0.4, -0.2) is 40.7 Å². The summed E-state index contributed by atoms with van der Waals surface area (Å²) in [5, 5.41) is 4.18.